The molecular weight excluding hydrogens is 984 g/mol. The van der Waals surface area contributed by atoms with Crippen LogP contribution in [0.1, 0.15) is 90.4 Å². The molecular formula is C55H76Cl2N2O14. The van der Waals surface area contributed by atoms with Gasteiger partial charge in [-0.1, -0.05) is 0 Å². The average molecular weight is 1060 g/mol. The highest BCUT2D eigenvalue weighted by atomic mass is 35.5. The van der Waals surface area contributed by atoms with E-state index in [2.05, 4.69) is 32.3 Å². The van der Waals surface area contributed by atoms with E-state index in [1.165, 1.54) is 5.56 Å². The van der Waals surface area contributed by atoms with Crippen LogP contribution >= 0.6 is 0 Å². The van der Waals surface area contributed by atoms with Crippen molar-refractivity contribution in [2.45, 2.75) is 76.3 Å². The van der Waals surface area contributed by atoms with Gasteiger partial charge >= 0.3 is 11.9 Å². The van der Waals surface area contributed by atoms with Crippen molar-refractivity contribution >= 4 is 11.9 Å². The van der Waals surface area contributed by atoms with Crippen LogP contribution < -0.4 is 72.2 Å². The van der Waals surface area contributed by atoms with Crippen LogP contribution in [0.2, 0.25) is 0 Å². The van der Waals surface area contributed by atoms with Gasteiger partial charge in [-0.2, -0.15) is 0 Å². The van der Waals surface area contributed by atoms with E-state index in [-0.39, 0.29) is 56.2 Å². The molecule has 404 valence electrons. The summed E-state index contributed by atoms with van der Waals surface area (Å²) < 4.78 is 59.0. The first kappa shape index (κ1) is 59.9. The Labute approximate surface area is 443 Å². The molecule has 0 radical (unpaired) electrons. The molecule has 4 aromatic carbocycles. The van der Waals surface area contributed by atoms with Crippen molar-refractivity contribution in [2.24, 2.45) is 5.41 Å². The van der Waals surface area contributed by atoms with Gasteiger partial charge in [0.25, 0.3) is 0 Å². The smallest absolute Gasteiger partial charge is 0.309 e. The fourth-order valence-electron chi connectivity index (χ4n) is 11.5. The second-order valence-corrected chi connectivity index (χ2v) is 19.3. The summed E-state index contributed by atoms with van der Waals surface area (Å²) in [7, 11) is 20.6. The van der Waals surface area contributed by atoms with Crippen LogP contribution in [-0.2, 0) is 28.9 Å². The number of nitrogens with zero attached hydrogens (tertiary/aromatic N) is 2. The molecule has 0 bridgehead atoms. The maximum Gasteiger partial charge on any atom is 0.309 e. The lowest BCUT2D eigenvalue weighted by Crippen LogP contribution is -3.00. The van der Waals surface area contributed by atoms with E-state index in [1.54, 1.807) is 71.1 Å². The molecule has 2 heterocycles. The standard InChI is InChI=1S/C55H74N2O14.2ClH/c1-56(24-17-36-29-42(62-3)44(64-5)33-39(36)41(56)26-35-27-46(66-7)52(70-11)47(28-35)67-8)22-14-20-55(54(60)61,19-13-16-50(58)59)21-15-23-57(2)25-18-37-30-43(63-4)45(65-6)34-40(37)51(57)38-31-48(68-9)53(71-12)49(32-38)69-10;;/h27-34,41,51H,13-26H2,1-12H3;2*1H/t41-,51+,55?,56+,57+;;/m1../s1. The molecule has 0 amide bonds. The Bertz CT molecular complexity index is 2480. The Kier molecular flexibility index (Phi) is 21.3. The third-order valence-electron chi connectivity index (χ3n) is 15.4. The molecule has 0 fully saturated rings. The predicted octanol–water partition coefficient (Wildman–Crippen LogP) is 2.75. The highest BCUT2D eigenvalue weighted by molar-refractivity contribution is 5.75. The van der Waals surface area contributed by atoms with Crippen molar-refractivity contribution < 1.29 is 101 Å². The van der Waals surface area contributed by atoms with Gasteiger partial charge in [0.15, 0.2) is 46.0 Å². The van der Waals surface area contributed by atoms with Crippen LogP contribution in [-0.4, -0.2) is 142 Å². The molecule has 2 aliphatic rings. The summed E-state index contributed by atoms with van der Waals surface area (Å²) in [6.45, 7) is 2.86. The second kappa shape index (κ2) is 26.0. The van der Waals surface area contributed by atoms with Gasteiger partial charge in [0.2, 0.25) is 11.5 Å². The van der Waals surface area contributed by atoms with E-state index in [0.29, 0.717) is 112 Å². The number of likely N-dealkylation sites (N-methyl/N-ethyl adjacent to an activating group) is 2. The monoisotopic (exact) mass is 1060 g/mol. The topological polar surface area (TPSA) is 167 Å². The Balaban J connectivity index is 0.00000578. The van der Waals surface area contributed by atoms with Crippen LogP contribution in [0.25, 0.3) is 0 Å². The number of quaternary nitrogens is 2. The molecule has 0 saturated heterocycles. The van der Waals surface area contributed by atoms with Crippen molar-refractivity contribution in [3.63, 3.8) is 0 Å². The Morgan fingerprint density at radius 2 is 0.918 bits per heavy atom. The molecule has 16 nitrogen and oxygen atoms in total. The van der Waals surface area contributed by atoms with Crippen LogP contribution in [0.5, 0.6) is 57.5 Å². The summed E-state index contributed by atoms with van der Waals surface area (Å²) in [4.78, 5) is 25.8. The zero-order valence-corrected chi connectivity index (χ0v) is 46.1. The van der Waals surface area contributed by atoms with E-state index in [0.717, 1.165) is 53.7 Å². The van der Waals surface area contributed by atoms with Gasteiger partial charge in [-0.05, 0) is 104 Å². The lowest BCUT2D eigenvalue weighted by atomic mass is 9.74. The van der Waals surface area contributed by atoms with E-state index in [9.17, 15) is 19.8 Å². The lowest BCUT2D eigenvalue weighted by Gasteiger charge is -2.47. The average Bonchev–Trinajstić information content (AvgIpc) is 3.37. The van der Waals surface area contributed by atoms with Crippen molar-refractivity contribution in [3.05, 3.63) is 81.9 Å². The van der Waals surface area contributed by atoms with E-state index < -0.39 is 17.4 Å². The summed E-state index contributed by atoms with van der Waals surface area (Å²) in [6.07, 6.45) is 4.46. The fourth-order valence-corrected chi connectivity index (χ4v) is 11.5. The number of aliphatic carboxylic acids is 2. The first-order valence-corrected chi connectivity index (χ1v) is 24.3. The molecule has 6 rings (SSSR count). The number of hydrogen-bond donors (Lipinski definition) is 2. The molecule has 0 spiro atoms. The maximum atomic E-state index is 13.9. The third-order valence-corrected chi connectivity index (χ3v) is 15.4. The van der Waals surface area contributed by atoms with Gasteiger partial charge in [-0.25, -0.2) is 0 Å². The molecule has 4 aromatic rings. The molecule has 2 N–H and O–H groups in total. The minimum Gasteiger partial charge on any atom is -1.00 e. The van der Waals surface area contributed by atoms with Gasteiger partial charge in [0.1, 0.15) is 12.1 Å². The predicted molar refractivity (Wildman–Crippen MR) is 269 cm³/mol. The number of carbonyl (C=O) groups is 2. The zero-order valence-electron chi connectivity index (χ0n) is 44.6. The van der Waals surface area contributed by atoms with Crippen LogP contribution in [0, 0.1) is 5.41 Å². The highest BCUT2D eigenvalue weighted by Gasteiger charge is 2.45. The summed E-state index contributed by atoms with van der Waals surface area (Å²) >= 11 is 0. The number of fused-ring (bicyclic) bond motifs is 2. The van der Waals surface area contributed by atoms with Gasteiger partial charge in [0.05, 0.1) is 117 Å². The number of benzene rings is 4. The van der Waals surface area contributed by atoms with E-state index >= 15 is 0 Å². The molecule has 0 saturated carbocycles. The number of rotatable bonds is 26. The quantitative estimate of drug-likeness (QED) is 0.0883. The molecule has 0 aromatic heterocycles. The summed E-state index contributed by atoms with van der Waals surface area (Å²) in [5.74, 6) is 3.90. The first-order valence-electron chi connectivity index (χ1n) is 24.3. The SMILES string of the molecule is COc1cc2c(cc1OC)[C@H](c1cc(OC)c(OC)c(OC)c1)[N@@+](C)(CCCC(CCCC(=O)O)(CCC[N@@+]1(C)CCc3cc(OC)c(OC)cc3[C@H]1Cc1cc(OC)c(OC)c(OC)c1)C(=O)O)CC2.[Cl-].[Cl-]. The number of methoxy groups -OCH3 is 10. The molecule has 0 aliphatic carbocycles. The van der Waals surface area contributed by atoms with Crippen molar-refractivity contribution in [1.29, 1.82) is 0 Å². The fraction of sp³-hybridized carbons (Fsp3) is 0.527. The summed E-state index contributed by atoms with van der Waals surface area (Å²) in [5.41, 5.74) is 5.26. The number of carboxylic acids is 2. The molecule has 73 heavy (non-hydrogen) atoms. The minimum atomic E-state index is -1.17. The van der Waals surface area contributed by atoms with E-state index in [1.807, 2.05) is 30.3 Å². The van der Waals surface area contributed by atoms with Crippen LogP contribution in [0.3, 0.4) is 0 Å². The minimum absolute atomic E-state index is 0. The number of halogens is 2. The van der Waals surface area contributed by atoms with Gasteiger partial charge in [-0.15, -0.1) is 0 Å². The number of ether oxygens (including phenoxy) is 10. The van der Waals surface area contributed by atoms with Crippen molar-refractivity contribution in [3.8, 4) is 57.5 Å². The first-order chi connectivity index (χ1) is 34.0. The Morgan fingerprint density at radius 3 is 1.36 bits per heavy atom. The van der Waals surface area contributed by atoms with Crippen molar-refractivity contribution in [2.75, 3.05) is 111 Å². The van der Waals surface area contributed by atoms with Crippen LogP contribution in [0.4, 0.5) is 0 Å². The summed E-state index contributed by atoms with van der Waals surface area (Å²) in [6, 6.07) is 15.9. The van der Waals surface area contributed by atoms with Gasteiger partial charge in [-0.3, -0.25) is 9.59 Å². The Hall–Kier alpha value is -5.68. The molecule has 1 unspecified atom stereocenters. The highest BCUT2D eigenvalue weighted by Crippen LogP contribution is 2.50. The maximum absolute atomic E-state index is 13.9. The van der Waals surface area contributed by atoms with Crippen molar-refractivity contribution in [1.82, 2.24) is 0 Å². The second-order valence-electron chi connectivity index (χ2n) is 19.3. The Morgan fingerprint density at radius 1 is 0.521 bits per heavy atom. The van der Waals surface area contributed by atoms with Crippen LogP contribution in [0.15, 0.2) is 48.5 Å². The summed E-state index contributed by atoms with van der Waals surface area (Å²) in [5, 5.41) is 21.1. The lowest BCUT2D eigenvalue weighted by molar-refractivity contribution is -0.941. The number of hydrogen-bond acceptors (Lipinski definition) is 12. The number of carboxylic acid groups (broad SMARTS) is 2. The molecule has 5 atom stereocenters. The normalized spacial score (nSPS) is 19.5. The molecule has 18 heteroatoms. The zero-order chi connectivity index (χ0) is 51.7. The van der Waals surface area contributed by atoms with Gasteiger partial charge in [0, 0.05) is 42.4 Å². The van der Waals surface area contributed by atoms with Gasteiger partial charge < -0.3 is 91.4 Å². The molecule has 2 aliphatic heterocycles. The van der Waals surface area contributed by atoms with E-state index in [4.69, 9.17) is 47.4 Å². The third kappa shape index (κ3) is 12.6. The largest absolute Gasteiger partial charge is 1.00 e.